The molecule has 0 unspecified atom stereocenters. The quantitative estimate of drug-likeness (QED) is 0.645. The zero-order valence-corrected chi connectivity index (χ0v) is 7.48. The molecule has 1 rings (SSSR count). The van der Waals surface area contributed by atoms with Crippen LogP contribution in [0.2, 0.25) is 0 Å². The summed E-state index contributed by atoms with van der Waals surface area (Å²) in [5, 5.41) is 0.0803. The summed E-state index contributed by atoms with van der Waals surface area (Å²) in [7, 11) is 0. The fraction of sp³-hybridized carbons (Fsp3) is 0.857. The van der Waals surface area contributed by atoms with Crippen molar-refractivity contribution in [1.82, 2.24) is 5.06 Å². The first kappa shape index (κ1) is 12.2. The highest BCUT2D eigenvalue weighted by Crippen LogP contribution is 2.37. The number of halogens is 5. The minimum absolute atomic E-state index is 0.0281. The maximum atomic E-state index is 12.5. The number of hydrogen-bond donors (Lipinski definition) is 0. The van der Waals surface area contributed by atoms with Gasteiger partial charge in [-0.1, -0.05) is 0 Å². The number of alkyl halides is 5. The fourth-order valence-electron chi connectivity index (χ4n) is 1.03. The first-order valence-corrected chi connectivity index (χ1v) is 4.16. The molecule has 1 aliphatic rings. The number of carbonyl (C=O) groups excluding carboxylic acids is 1. The standard InChI is InChI=1S/C7H8F5NO2/c8-6(9,7(10,11)12)5(14)13-3-1-2-4-15-13/h1-4H2. The Bertz CT molecular complexity index is 246. The monoisotopic (exact) mass is 233 g/mol. The number of nitrogens with zero attached hydrogens (tertiary/aromatic N) is 1. The molecule has 0 radical (unpaired) electrons. The minimum Gasteiger partial charge on any atom is -0.271 e. The Balaban J connectivity index is 2.74. The SMILES string of the molecule is O=C(N1CCCCO1)C(F)(F)C(F)(F)F. The van der Waals surface area contributed by atoms with E-state index in [0.717, 1.165) is 0 Å². The van der Waals surface area contributed by atoms with Gasteiger partial charge in [0.15, 0.2) is 0 Å². The Morgan fingerprint density at radius 2 is 1.73 bits per heavy atom. The molecule has 1 heterocycles. The number of rotatable bonds is 1. The lowest BCUT2D eigenvalue weighted by atomic mass is 10.2. The van der Waals surface area contributed by atoms with Crippen LogP contribution in [0.3, 0.4) is 0 Å². The van der Waals surface area contributed by atoms with Crippen LogP contribution in [0.25, 0.3) is 0 Å². The lowest BCUT2D eigenvalue weighted by Gasteiger charge is -2.29. The highest BCUT2D eigenvalue weighted by Gasteiger charge is 2.65. The van der Waals surface area contributed by atoms with Crippen molar-refractivity contribution in [1.29, 1.82) is 0 Å². The van der Waals surface area contributed by atoms with E-state index in [1.165, 1.54) is 0 Å². The van der Waals surface area contributed by atoms with Crippen LogP contribution < -0.4 is 0 Å². The smallest absolute Gasteiger partial charge is 0.271 e. The number of amides is 1. The van der Waals surface area contributed by atoms with Gasteiger partial charge >= 0.3 is 18.0 Å². The summed E-state index contributed by atoms with van der Waals surface area (Å²) in [6.07, 6.45) is -5.01. The molecular weight excluding hydrogens is 225 g/mol. The van der Waals surface area contributed by atoms with E-state index in [1.54, 1.807) is 0 Å². The summed E-state index contributed by atoms with van der Waals surface area (Å²) >= 11 is 0. The van der Waals surface area contributed by atoms with E-state index >= 15 is 0 Å². The molecule has 0 spiro atoms. The van der Waals surface area contributed by atoms with Gasteiger partial charge in [0.1, 0.15) is 0 Å². The van der Waals surface area contributed by atoms with Crippen LogP contribution in [0.4, 0.5) is 22.0 Å². The van der Waals surface area contributed by atoms with E-state index in [9.17, 15) is 26.7 Å². The van der Waals surface area contributed by atoms with Crippen LogP contribution in [0.5, 0.6) is 0 Å². The lowest BCUT2D eigenvalue weighted by Crippen LogP contribution is -2.53. The first-order valence-electron chi connectivity index (χ1n) is 4.16. The summed E-state index contributed by atoms with van der Waals surface area (Å²) in [6, 6.07) is 0. The van der Waals surface area contributed by atoms with Crippen molar-refractivity contribution >= 4 is 5.91 Å². The summed E-state index contributed by atoms with van der Waals surface area (Å²) in [4.78, 5) is 15.2. The second-order valence-electron chi connectivity index (χ2n) is 3.02. The largest absolute Gasteiger partial charge is 0.463 e. The van der Waals surface area contributed by atoms with Crippen LogP contribution in [-0.4, -0.2) is 36.2 Å². The van der Waals surface area contributed by atoms with E-state index in [2.05, 4.69) is 4.84 Å². The van der Waals surface area contributed by atoms with Crippen LogP contribution >= 0.6 is 0 Å². The third-order valence-corrected chi connectivity index (χ3v) is 1.85. The van der Waals surface area contributed by atoms with Crippen molar-refractivity contribution in [2.75, 3.05) is 13.2 Å². The third-order valence-electron chi connectivity index (χ3n) is 1.85. The lowest BCUT2D eigenvalue weighted by molar-refractivity contribution is -0.291. The van der Waals surface area contributed by atoms with Crippen molar-refractivity contribution in [3.8, 4) is 0 Å². The van der Waals surface area contributed by atoms with Crippen LogP contribution in [0.1, 0.15) is 12.8 Å². The van der Waals surface area contributed by atoms with Gasteiger partial charge in [0.2, 0.25) is 0 Å². The van der Waals surface area contributed by atoms with Crippen molar-refractivity contribution in [2.24, 2.45) is 0 Å². The number of hydroxylamine groups is 2. The average molecular weight is 233 g/mol. The van der Waals surface area contributed by atoms with E-state index < -0.39 is 18.0 Å². The Kier molecular flexibility index (Phi) is 3.17. The van der Waals surface area contributed by atoms with E-state index in [-0.39, 0.29) is 18.2 Å². The van der Waals surface area contributed by atoms with Gasteiger partial charge in [0, 0.05) is 6.54 Å². The second kappa shape index (κ2) is 3.92. The van der Waals surface area contributed by atoms with E-state index in [1.807, 2.05) is 0 Å². The van der Waals surface area contributed by atoms with Crippen molar-refractivity contribution in [3.05, 3.63) is 0 Å². The molecule has 1 amide bonds. The van der Waals surface area contributed by atoms with Crippen LogP contribution in [-0.2, 0) is 9.63 Å². The molecule has 0 N–H and O–H groups in total. The molecule has 0 aromatic rings. The predicted octanol–water partition coefficient (Wildman–Crippen LogP) is 1.74. The molecule has 1 saturated heterocycles. The van der Waals surface area contributed by atoms with Gasteiger partial charge in [-0.05, 0) is 12.8 Å². The molecule has 0 aliphatic carbocycles. The van der Waals surface area contributed by atoms with Crippen molar-refractivity contribution < 1.29 is 31.6 Å². The molecule has 8 heteroatoms. The Morgan fingerprint density at radius 3 is 2.13 bits per heavy atom. The normalized spacial score (nSPS) is 19.1. The second-order valence-corrected chi connectivity index (χ2v) is 3.02. The van der Waals surface area contributed by atoms with Gasteiger partial charge < -0.3 is 0 Å². The van der Waals surface area contributed by atoms with E-state index in [0.29, 0.717) is 12.8 Å². The topological polar surface area (TPSA) is 29.5 Å². The molecule has 0 saturated carbocycles. The minimum atomic E-state index is -5.88. The summed E-state index contributed by atoms with van der Waals surface area (Å²) < 4.78 is 60.4. The van der Waals surface area contributed by atoms with Crippen LogP contribution in [0.15, 0.2) is 0 Å². The Labute approximate surface area is 81.7 Å². The fourth-order valence-corrected chi connectivity index (χ4v) is 1.03. The van der Waals surface area contributed by atoms with Gasteiger partial charge in [-0.2, -0.15) is 22.0 Å². The number of hydrogen-bond acceptors (Lipinski definition) is 2. The summed E-state index contributed by atoms with van der Waals surface area (Å²) in [6.45, 7) is -0.274. The van der Waals surface area contributed by atoms with Crippen LogP contribution in [0, 0.1) is 0 Å². The summed E-state index contributed by atoms with van der Waals surface area (Å²) in [5.74, 6) is -7.74. The molecule has 15 heavy (non-hydrogen) atoms. The molecule has 0 aromatic heterocycles. The molecule has 1 fully saturated rings. The molecule has 0 atom stereocenters. The Hall–Kier alpha value is -0.920. The molecule has 88 valence electrons. The highest BCUT2D eigenvalue weighted by molar-refractivity contribution is 5.83. The Morgan fingerprint density at radius 1 is 1.13 bits per heavy atom. The van der Waals surface area contributed by atoms with Gasteiger partial charge in [0.05, 0.1) is 6.61 Å². The maximum absolute atomic E-state index is 12.5. The van der Waals surface area contributed by atoms with Crippen molar-refractivity contribution in [3.63, 3.8) is 0 Å². The van der Waals surface area contributed by atoms with Gasteiger partial charge in [0.25, 0.3) is 0 Å². The maximum Gasteiger partial charge on any atom is 0.463 e. The zero-order chi connectivity index (χ0) is 11.7. The molecule has 0 aromatic carbocycles. The predicted molar refractivity (Wildman–Crippen MR) is 37.9 cm³/mol. The number of carbonyl (C=O) groups is 1. The molecule has 3 nitrogen and oxygen atoms in total. The molecular formula is C7H8F5NO2. The van der Waals surface area contributed by atoms with Gasteiger partial charge in [-0.25, -0.2) is 5.06 Å². The highest BCUT2D eigenvalue weighted by atomic mass is 19.4. The first-order chi connectivity index (χ1) is 6.77. The zero-order valence-electron chi connectivity index (χ0n) is 7.48. The van der Waals surface area contributed by atoms with Crippen molar-refractivity contribution in [2.45, 2.75) is 24.9 Å². The van der Waals surface area contributed by atoms with Gasteiger partial charge in [-0.3, -0.25) is 9.63 Å². The average Bonchev–Trinajstić information content (AvgIpc) is 2.16. The summed E-state index contributed by atoms with van der Waals surface area (Å²) in [5.41, 5.74) is 0. The molecule has 0 bridgehead atoms. The third kappa shape index (κ3) is 2.36. The van der Waals surface area contributed by atoms with Gasteiger partial charge in [-0.15, -0.1) is 0 Å². The molecule has 1 aliphatic heterocycles. The van der Waals surface area contributed by atoms with E-state index in [4.69, 9.17) is 0 Å².